The number of hydrogen-bond donors (Lipinski definition) is 1. The van der Waals surface area contributed by atoms with Crippen LogP contribution >= 0.6 is 0 Å². The van der Waals surface area contributed by atoms with Crippen LogP contribution in [0.1, 0.15) is 24.2 Å². The molecule has 0 spiro atoms. The summed E-state index contributed by atoms with van der Waals surface area (Å²) in [6, 6.07) is 13.0. The van der Waals surface area contributed by atoms with Crippen molar-refractivity contribution in [3.05, 3.63) is 54.1 Å². The molecule has 0 atom stereocenters. The fourth-order valence-corrected chi connectivity index (χ4v) is 4.20. The molecule has 0 radical (unpaired) electrons. The highest BCUT2D eigenvalue weighted by Gasteiger charge is 2.23. The van der Waals surface area contributed by atoms with Gasteiger partial charge in [0.1, 0.15) is 12.3 Å². The fourth-order valence-electron chi connectivity index (χ4n) is 3.34. The highest BCUT2D eigenvalue weighted by Crippen LogP contribution is 2.21. The van der Waals surface area contributed by atoms with Crippen LogP contribution in [0.5, 0.6) is 5.75 Å². The Balaban J connectivity index is 1.68. The Morgan fingerprint density at radius 3 is 2.21 bits per heavy atom. The summed E-state index contributed by atoms with van der Waals surface area (Å²) in [5, 5.41) is 2.69. The predicted molar refractivity (Wildman–Crippen MR) is 126 cm³/mol. The monoisotopic (exact) mass is 475 g/mol. The molecule has 0 aliphatic carbocycles. The SMILES string of the molecule is CC(C)Oc1ccc(NC(=O)CN(c2ccc(C(=O)N3CCOCC3)cc2)S(C)(=O)=O)cc1. The number of morpholine rings is 1. The van der Waals surface area contributed by atoms with Gasteiger partial charge >= 0.3 is 0 Å². The van der Waals surface area contributed by atoms with Gasteiger partial charge in [0.05, 0.1) is 31.3 Å². The lowest BCUT2D eigenvalue weighted by Gasteiger charge is -2.27. The van der Waals surface area contributed by atoms with E-state index in [9.17, 15) is 18.0 Å². The highest BCUT2D eigenvalue weighted by atomic mass is 32.2. The van der Waals surface area contributed by atoms with E-state index in [-0.39, 0.29) is 12.0 Å². The maximum absolute atomic E-state index is 12.6. The quantitative estimate of drug-likeness (QED) is 0.628. The minimum absolute atomic E-state index is 0.0318. The Bertz CT molecular complexity index is 1060. The maximum Gasteiger partial charge on any atom is 0.254 e. The van der Waals surface area contributed by atoms with E-state index in [1.807, 2.05) is 13.8 Å². The van der Waals surface area contributed by atoms with Crippen molar-refractivity contribution in [1.29, 1.82) is 0 Å². The third kappa shape index (κ3) is 6.93. The lowest BCUT2D eigenvalue weighted by molar-refractivity contribution is -0.114. The van der Waals surface area contributed by atoms with Gasteiger partial charge in [-0.1, -0.05) is 0 Å². The van der Waals surface area contributed by atoms with Crippen LogP contribution in [0.2, 0.25) is 0 Å². The molecule has 0 unspecified atom stereocenters. The molecule has 2 aromatic carbocycles. The molecule has 2 aromatic rings. The molecule has 1 saturated heterocycles. The van der Waals surface area contributed by atoms with Crippen LogP contribution in [-0.4, -0.2) is 70.3 Å². The van der Waals surface area contributed by atoms with Crippen LogP contribution in [-0.2, 0) is 19.6 Å². The Morgan fingerprint density at radius 1 is 1.06 bits per heavy atom. The molecule has 1 N–H and O–H groups in total. The summed E-state index contributed by atoms with van der Waals surface area (Å²) in [5.41, 5.74) is 1.27. The van der Waals surface area contributed by atoms with Crippen LogP contribution in [0.25, 0.3) is 0 Å². The second kappa shape index (κ2) is 10.7. The average Bonchev–Trinajstić information content (AvgIpc) is 2.78. The Hall–Kier alpha value is -3.11. The standard InChI is InChI=1S/C23H29N3O6S/c1-17(2)32-21-10-6-19(7-11-21)24-22(27)16-26(33(3,29)30)20-8-4-18(5-9-20)23(28)25-12-14-31-15-13-25/h4-11,17H,12-16H2,1-3H3,(H,24,27). The van der Waals surface area contributed by atoms with E-state index >= 15 is 0 Å². The van der Waals surface area contributed by atoms with Crippen molar-refractivity contribution in [2.75, 3.05) is 48.7 Å². The van der Waals surface area contributed by atoms with E-state index in [0.29, 0.717) is 49.0 Å². The Morgan fingerprint density at radius 2 is 1.67 bits per heavy atom. The maximum atomic E-state index is 12.6. The van der Waals surface area contributed by atoms with Crippen molar-refractivity contribution < 1.29 is 27.5 Å². The topological polar surface area (TPSA) is 105 Å². The summed E-state index contributed by atoms with van der Waals surface area (Å²) in [6.07, 6.45) is 1.06. The summed E-state index contributed by atoms with van der Waals surface area (Å²) < 4.78 is 36.6. The van der Waals surface area contributed by atoms with Crippen molar-refractivity contribution in [3.63, 3.8) is 0 Å². The molecule has 1 heterocycles. The molecule has 178 valence electrons. The molecular weight excluding hydrogens is 446 g/mol. The van der Waals surface area contributed by atoms with E-state index in [4.69, 9.17) is 9.47 Å². The average molecular weight is 476 g/mol. The summed E-state index contributed by atoms with van der Waals surface area (Å²) in [5.74, 6) is 0.0392. The molecular formula is C23H29N3O6S. The van der Waals surface area contributed by atoms with Crippen molar-refractivity contribution in [2.45, 2.75) is 20.0 Å². The molecule has 3 rings (SSSR count). The first-order valence-corrected chi connectivity index (χ1v) is 12.5. The first-order valence-electron chi connectivity index (χ1n) is 10.6. The number of rotatable bonds is 8. The number of anilines is 2. The van der Waals surface area contributed by atoms with Crippen LogP contribution in [0.15, 0.2) is 48.5 Å². The number of benzene rings is 2. The van der Waals surface area contributed by atoms with E-state index in [1.165, 1.54) is 12.1 Å². The number of ether oxygens (including phenoxy) is 2. The molecule has 10 heteroatoms. The number of carbonyl (C=O) groups excluding carboxylic acids is 2. The molecule has 2 amide bonds. The van der Waals surface area contributed by atoms with Crippen molar-refractivity contribution in [3.8, 4) is 5.75 Å². The van der Waals surface area contributed by atoms with Crippen LogP contribution in [0, 0.1) is 0 Å². The zero-order chi connectivity index (χ0) is 24.0. The highest BCUT2D eigenvalue weighted by molar-refractivity contribution is 7.92. The molecule has 1 aliphatic rings. The zero-order valence-corrected chi connectivity index (χ0v) is 19.8. The minimum atomic E-state index is -3.74. The zero-order valence-electron chi connectivity index (χ0n) is 19.0. The smallest absolute Gasteiger partial charge is 0.254 e. The first kappa shape index (κ1) is 24.5. The third-order valence-electron chi connectivity index (χ3n) is 4.90. The lowest BCUT2D eigenvalue weighted by atomic mass is 10.1. The molecule has 1 fully saturated rings. The largest absolute Gasteiger partial charge is 0.491 e. The van der Waals surface area contributed by atoms with Crippen molar-refractivity contribution >= 4 is 33.2 Å². The van der Waals surface area contributed by atoms with Crippen LogP contribution in [0.4, 0.5) is 11.4 Å². The number of nitrogens with zero attached hydrogens (tertiary/aromatic N) is 2. The third-order valence-corrected chi connectivity index (χ3v) is 6.04. The van der Waals surface area contributed by atoms with Gasteiger partial charge in [-0.3, -0.25) is 13.9 Å². The predicted octanol–water partition coefficient (Wildman–Crippen LogP) is 2.35. The van der Waals surface area contributed by atoms with Crippen molar-refractivity contribution in [1.82, 2.24) is 4.90 Å². The van der Waals surface area contributed by atoms with Gasteiger partial charge in [0.2, 0.25) is 15.9 Å². The normalized spacial score (nSPS) is 14.1. The Labute approximate surface area is 194 Å². The van der Waals surface area contributed by atoms with Gasteiger partial charge in [-0.05, 0) is 62.4 Å². The number of amides is 2. The summed E-state index contributed by atoms with van der Waals surface area (Å²) >= 11 is 0. The molecule has 0 saturated carbocycles. The second-order valence-corrected chi connectivity index (χ2v) is 9.87. The number of carbonyl (C=O) groups is 2. The van der Waals surface area contributed by atoms with Gasteiger partial charge in [0, 0.05) is 24.3 Å². The fraction of sp³-hybridized carbons (Fsp3) is 0.391. The number of hydrogen-bond acceptors (Lipinski definition) is 6. The number of nitrogens with one attached hydrogen (secondary N) is 1. The number of sulfonamides is 1. The van der Waals surface area contributed by atoms with Gasteiger partial charge in [0.15, 0.2) is 0 Å². The van der Waals surface area contributed by atoms with Crippen LogP contribution < -0.4 is 14.4 Å². The van der Waals surface area contributed by atoms with Crippen LogP contribution in [0.3, 0.4) is 0 Å². The van der Waals surface area contributed by atoms with Gasteiger partial charge in [0.25, 0.3) is 5.91 Å². The van der Waals surface area contributed by atoms with E-state index in [2.05, 4.69) is 5.32 Å². The van der Waals surface area contributed by atoms with E-state index < -0.39 is 22.5 Å². The first-order chi connectivity index (χ1) is 15.6. The Kier molecular flexibility index (Phi) is 7.93. The van der Waals surface area contributed by atoms with Gasteiger partial charge in [-0.25, -0.2) is 8.42 Å². The van der Waals surface area contributed by atoms with E-state index in [1.54, 1.807) is 41.3 Å². The summed E-state index contributed by atoms with van der Waals surface area (Å²) in [4.78, 5) is 26.9. The van der Waals surface area contributed by atoms with Gasteiger partial charge < -0.3 is 19.7 Å². The van der Waals surface area contributed by atoms with E-state index in [0.717, 1.165) is 10.6 Å². The second-order valence-electron chi connectivity index (χ2n) is 7.96. The summed E-state index contributed by atoms with van der Waals surface area (Å²) in [6.45, 7) is 5.45. The van der Waals surface area contributed by atoms with Gasteiger partial charge in [-0.15, -0.1) is 0 Å². The molecule has 33 heavy (non-hydrogen) atoms. The lowest BCUT2D eigenvalue weighted by Crippen LogP contribution is -2.40. The minimum Gasteiger partial charge on any atom is -0.491 e. The van der Waals surface area contributed by atoms with Gasteiger partial charge in [-0.2, -0.15) is 0 Å². The molecule has 1 aliphatic heterocycles. The summed E-state index contributed by atoms with van der Waals surface area (Å²) in [7, 11) is -3.74. The molecule has 0 bridgehead atoms. The van der Waals surface area contributed by atoms with Crippen molar-refractivity contribution in [2.24, 2.45) is 0 Å². The molecule has 9 nitrogen and oxygen atoms in total. The molecule has 0 aromatic heterocycles.